The summed E-state index contributed by atoms with van der Waals surface area (Å²) in [7, 11) is -4.14. The maximum Gasteiger partial charge on any atom is 0.335 e. The van der Waals surface area contributed by atoms with Crippen LogP contribution in [0.5, 0.6) is 0 Å². The maximum absolute atomic E-state index is 13.2. The lowest BCUT2D eigenvalue weighted by atomic mass is 9.93. The Balaban J connectivity index is 1.92. The van der Waals surface area contributed by atoms with E-state index >= 15 is 0 Å². The van der Waals surface area contributed by atoms with Gasteiger partial charge in [0.15, 0.2) is 5.79 Å². The van der Waals surface area contributed by atoms with Crippen molar-refractivity contribution in [3.63, 3.8) is 0 Å². The molecule has 0 amide bonds. The molecule has 2 aliphatic rings. The van der Waals surface area contributed by atoms with Gasteiger partial charge in [-0.05, 0) is 37.6 Å². The number of anilines is 1. The molecule has 29 heavy (non-hydrogen) atoms. The van der Waals surface area contributed by atoms with E-state index < -0.39 is 39.0 Å². The number of carbonyl (C=O) groups excluding carboxylic acids is 1. The van der Waals surface area contributed by atoms with Gasteiger partial charge in [0.05, 0.1) is 36.1 Å². The number of aliphatic hydroxyl groups excluding tert-OH is 1. The fourth-order valence-corrected chi connectivity index (χ4v) is 5.03. The summed E-state index contributed by atoms with van der Waals surface area (Å²) in [5.74, 6) is -2.73. The van der Waals surface area contributed by atoms with Crippen molar-refractivity contribution in [2.75, 3.05) is 24.5 Å². The SMILES string of the molecule is CCOC(=O)C1=CC2(CCC1S(=O)(=O)Nc1ccc(F)cc1Cl)OCC(O)CO2. The van der Waals surface area contributed by atoms with Crippen LogP contribution in [0.3, 0.4) is 0 Å². The molecule has 1 aliphatic heterocycles. The number of ether oxygens (including phenoxy) is 3. The summed E-state index contributed by atoms with van der Waals surface area (Å²) in [4.78, 5) is 12.5. The number of sulfonamides is 1. The minimum absolute atomic E-state index is 0.00507. The highest BCUT2D eigenvalue weighted by Crippen LogP contribution is 2.37. The summed E-state index contributed by atoms with van der Waals surface area (Å²) in [6.07, 6.45) is 0.639. The van der Waals surface area contributed by atoms with E-state index in [1.54, 1.807) is 6.92 Å². The van der Waals surface area contributed by atoms with Crippen molar-refractivity contribution in [1.82, 2.24) is 0 Å². The van der Waals surface area contributed by atoms with E-state index in [4.69, 9.17) is 25.8 Å². The molecule has 1 spiro atoms. The number of hydrogen-bond donors (Lipinski definition) is 2. The van der Waals surface area contributed by atoms with Gasteiger partial charge in [-0.2, -0.15) is 0 Å². The third-order valence-electron chi connectivity index (χ3n) is 4.59. The normalized spacial score (nSPS) is 27.4. The molecule has 1 heterocycles. The predicted molar refractivity (Wildman–Crippen MR) is 102 cm³/mol. The summed E-state index contributed by atoms with van der Waals surface area (Å²) < 4.78 is 57.7. The van der Waals surface area contributed by atoms with Crippen molar-refractivity contribution in [2.24, 2.45) is 0 Å². The summed E-state index contributed by atoms with van der Waals surface area (Å²) in [6, 6.07) is 3.24. The minimum atomic E-state index is -4.14. The van der Waals surface area contributed by atoms with Crippen LogP contribution in [0.2, 0.25) is 5.02 Å². The second kappa shape index (κ2) is 8.57. The van der Waals surface area contributed by atoms with Crippen molar-refractivity contribution >= 4 is 33.3 Å². The van der Waals surface area contributed by atoms with E-state index in [-0.39, 0.29) is 48.9 Å². The number of aliphatic hydroxyl groups is 1. The van der Waals surface area contributed by atoms with Gasteiger partial charge >= 0.3 is 5.97 Å². The first-order chi connectivity index (χ1) is 13.7. The highest BCUT2D eigenvalue weighted by molar-refractivity contribution is 7.93. The molecule has 0 bridgehead atoms. The Labute approximate surface area is 172 Å². The average molecular weight is 450 g/mol. The lowest BCUT2D eigenvalue weighted by Gasteiger charge is -2.41. The molecular formula is C18H21ClFNO7S. The molecule has 8 nitrogen and oxygen atoms in total. The highest BCUT2D eigenvalue weighted by atomic mass is 35.5. The molecule has 1 aromatic rings. The number of rotatable bonds is 5. The number of nitrogens with one attached hydrogen (secondary N) is 1. The lowest BCUT2D eigenvalue weighted by Crippen LogP contribution is -2.49. The van der Waals surface area contributed by atoms with E-state index in [9.17, 15) is 22.7 Å². The molecule has 0 radical (unpaired) electrons. The molecule has 0 aromatic heterocycles. The molecule has 1 fully saturated rings. The van der Waals surface area contributed by atoms with Crippen LogP contribution in [0.25, 0.3) is 0 Å². The van der Waals surface area contributed by atoms with Gasteiger partial charge in [0.25, 0.3) is 0 Å². The predicted octanol–water partition coefficient (Wildman–Crippen LogP) is 1.98. The molecule has 1 unspecified atom stereocenters. The van der Waals surface area contributed by atoms with Crippen molar-refractivity contribution in [3.05, 3.63) is 40.7 Å². The van der Waals surface area contributed by atoms with E-state index in [2.05, 4.69) is 4.72 Å². The Bertz CT molecular complexity index is 913. The molecule has 2 N–H and O–H groups in total. The monoisotopic (exact) mass is 449 g/mol. The van der Waals surface area contributed by atoms with E-state index in [1.807, 2.05) is 0 Å². The summed E-state index contributed by atoms with van der Waals surface area (Å²) >= 11 is 5.92. The van der Waals surface area contributed by atoms with Gasteiger partial charge in [-0.1, -0.05) is 11.6 Å². The number of halogens is 2. The molecule has 1 aliphatic carbocycles. The van der Waals surface area contributed by atoms with Gasteiger partial charge in [-0.3, -0.25) is 4.72 Å². The third-order valence-corrected chi connectivity index (χ3v) is 6.64. The molecule has 3 rings (SSSR count). The first kappa shape index (κ1) is 22.0. The van der Waals surface area contributed by atoms with Crippen molar-refractivity contribution in [1.29, 1.82) is 0 Å². The van der Waals surface area contributed by atoms with Crippen LogP contribution in [-0.2, 0) is 29.0 Å². The molecule has 160 valence electrons. The second-order valence-electron chi connectivity index (χ2n) is 6.71. The van der Waals surface area contributed by atoms with Gasteiger partial charge in [0, 0.05) is 6.42 Å². The smallest absolute Gasteiger partial charge is 0.335 e. The Hall–Kier alpha value is -1.72. The molecule has 0 saturated carbocycles. The number of carbonyl (C=O) groups is 1. The zero-order chi connectivity index (χ0) is 21.2. The first-order valence-electron chi connectivity index (χ1n) is 8.98. The fourth-order valence-electron chi connectivity index (χ4n) is 3.21. The average Bonchev–Trinajstić information content (AvgIpc) is 2.66. The molecule has 1 atom stereocenters. The van der Waals surface area contributed by atoms with E-state index in [0.717, 1.165) is 12.1 Å². The summed E-state index contributed by atoms with van der Waals surface area (Å²) in [6.45, 7) is 1.63. The third kappa shape index (κ3) is 4.89. The Morgan fingerprint density at radius 2 is 2.10 bits per heavy atom. The van der Waals surface area contributed by atoms with E-state index in [1.165, 1.54) is 12.1 Å². The minimum Gasteiger partial charge on any atom is -0.463 e. The van der Waals surface area contributed by atoms with Crippen LogP contribution in [-0.4, -0.2) is 56.5 Å². The molecule has 11 heteroatoms. The van der Waals surface area contributed by atoms with Crippen molar-refractivity contribution < 1.29 is 36.9 Å². The topological polar surface area (TPSA) is 111 Å². The van der Waals surface area contributed by atoms with Crippen molar-refractivity contribution in [3.8, 4) is 0 Å². The highest BCUT2D eigenvalue weighted by Gasteiger charge is 2.46. The Kier molecular flexibility index (Phi) is 6.49. The molecule has 1 saturated heterocycles. The van der Waals surface area contributed by atoms with Crippen molar-refractivity contribution in [2.45, 2.75) is 36.9 Å². The lowest BCUT2D eigenvalue weighted by molar-refractivity contribution is -0.270. The van der Waals surface area contributed by atoms with Gasteiger partial charge < -0.3 is 19.3 Å². The largest absolute Gasteiger partial charge is 0.463 e. The van der Waals surface area contributed by atoms with Crippen LogP contribution in [0.4, 0.5) is 10.1 Å². The Morgan fingerprint density at radius 3 is 2.72 bits per heavy atom. The van der Waals surface area contributed by atoms with Gasteiger partial charge in [0.1, 0.15) is 17.2 Å². The first-order valence-corrected chi connectivity index (χ1v) is 10.9. The standard InChI is InChI=1S/C18H21ClFNO7S/c1-2-26-17(23)13-8-18(27-9-12(22)10-28-18)6-5-16(13)29(24,25)21-15-4-3-11(20)7-14(15)19/h3-4,7-8,12,16,21-22H,2,5-6,9-10H2,1H3. The maximum atomic E-state index is 13.2. The summed E-state index contributed by atoms with van der Waals surface area (Å²) in [5.41, 5.74) is -0.148. The summed E-state index contributed by atoms with van der Waals surface area (Å²) in [5, 5.41) is 8.19. The van der Waals surface area contributed by atoms with Crippen LogP contribution < -0.4 is 4.72 Å². The number of hydrogen-bond acceptors (Lipinski definition) is 7. The zero-order valence-corrected chi connectivity index (χ0v) is 17.1. The van der Waals surface area contributed by atoms with Crippen LogP contribution in [0.15, 0.2) is 29.8 Å². The quantitative estimate of drug-likeness (QED) is 0.661. The zero-order valence-electron chi connectivity index (χ0n) is 15.6. The molecule has 1 aromatic carbocycles. The number of esters is 1. The van der Waals surface area contributed by atoms with Gasteiger partial charge in [0.2, 0.25) is 10.0 Å². The Morgan fingerprint density at radius 1 is 1.41 bits per heavy atom. The fraction of sp³-hybridized carbons (Fsp3) is 0.500. The van der Waals surface area contributed by atoms with Crippen LogP contribution in [0, 0.1) is 5.82 Å². The number of benzene rings is 1. The van der Waals surface area contributed by atoms with Gasteiger partial charge in [-0.25, -0.2) is 17.6 Å². The van der Waals surface area contributed by atoms with Crippen LogP contribution in [0.1, 0.15) is 19.8 Å². The van der Waals surface area contributed by atoms with Gasteiger partial charge in [-0.15, -0.1) is 0 Å². The molecular weight excluding hydrogens is 429 g/mol. The van der Waals surface area contributed by atoms with Crippen LogP contribution >= 0.6 is 11.6 Å². The van der Waals surface area contributed by atoms with E-state index in [0.29, 0.717) is 0 Å². The second-order valence-corrected chi connectivity index (χ2v) is 8.98.